The molecular weight excluding hydrogens is 1050 g/mol. The third kappa shape index (κ3) is 23.1. The fourth-order valence-electron chi connectivity index (χ4n) is 12.8. The van der Waals surface area contributed by atoms with Crippen LogP contribution in [0.15, 0.2) is 97.1 Å². The highest BCUT2D eigenvalue weighted by atomic mass is 35.5. The zero-order valence-corrected chi connectivity index (χ0v) is 50.1. The molecule has 0 amide bonds. The number of likely N-dealkylation sites (N-methyl/N-ethyl adjacent to an activating group) is 3. The van der Waals surface area contributed by atoms with E-state index in [9.17, 15) is 25.5 Å². The van der Waals surface area contributed by atoms with Crippen molar-refractivity contribution in [3.63, 3.8) is 0 Å². The van der Waals surface area contributed by atoms with Crippen LogP contribution in [0.25, 0.3) is 0 Å². The molecule has 4 aromatic rings. The molecule has 4 unspecified atom stereocenters. The van der Waals surface area contributed by atoms with Crippen molar-refractivity contribution in [2.45, 2.75) is 204 Å². The van der Waals surface area contributed by atoms with Gasteiger partial charge in [-0.05, 0) is 164 Å². The van der Waals surface area contributed by atoms with Crippen LogP contribution in [-0.4, -0.2) is 152 Å². The van der Waals surface area contributed by atoms with Gasteiger partial charge in [-0.25, -0.2) is 0 Å². The molecule has 8 rings (SSSR count). The average molecular weight is 1170 g/mol. The Morgan fingerprint density at radius 2 is 0.561 bits per heavy atom. The van der Waals surface area contributed by atoms with Crippen LogP contribution in [0.1, 0.15) is 204 Å². The third-order valence-electron chi connectivity index (χ3n) is 17.2. The van der Waals surface area contributed by atoms with E-state index in [2.05, 4.69) is 67.2 Å². The van der Waals surface area contributed by atoms with Crippen molar-refractivity contribution in [1.29, 1.82) is 0 Å². The number of nitrogens with zero attached hydrogens (tertiary/aromatic N) is 3. The second-order valence-corrected chi connectivity index (χ2v) is 23.8. The number of nitrogens with two attached hydrogens (primary N) is 1. The predicted molar refractivity (Wildman–Crippen MR) is 349 cm³/mol. The topological polar surface area (TPSA) is 165 Å². The summed E-state index contributed by atoms with van der Waals surface area (Å²) in [6.45, 7) is 3.08. The fraction of sp³-hybridized carbons (Fsp3) is 0.652. The van der Waals surface area contributed by atoms with Crippen molar-refractivity contribution in [3.8, 4) is 23.0 Å². The predicted octanol–water partition coefficient (Wildman–Crippen LogP) is 14.2. The number of ether oxygens (including phenoxy) is 3. The molecule has 4 aliphatic rings. The molecule has 0 spiro atoms. The number of hydrogen-bond donors (Lipinski definition) is 6. The van der Waals surface area contributed by atoms with E-state index < -0.39 is 22.4 Å². The van der Waals surface area contributed by atoms with Crippen molar-refractivity contribution in [2.75, 3.05) is 89.8 Å². The van der Waals surface area contributed by atoms with Gasteiger partial charge in [-0.1, -0.05) is 155 Å². The number of aromatic hydroxyl groups is 1. The van der Waals surface area contributed by atoms with Gasteiger partial charge in [0.25, 0.3) is 0 Å². The SMILES string of the molecule is C.C.C.C.CN(C)CC(c1ccc(O)cc1)C1(O)CCCCC1.COc1ccc(C(CN(C)C)C2(O)CCCCC2)cc1.COc1ccc(C(CN(C)C)C2(O)CCCCC2)cc1.COc1ccc(C(CN)C2(O)CCCCC2)cc1.Cl. The zero-order chi connectivity index (χ0) is 56.1. The summed E-state index contributed by atoms with van der Waals surface area (Å²) in [6, 6.07) is 31.6. The maximum Gasteiger partial charge on any atom is 0.118 e. The number of phenolic OH excluding ortho intramolecular Hbond substituents is 1. The van der Waals surface area contributed by atoms with Gasteiger partial charge < -0.3 is 60.2 Å². The monoisotopic (exact) mass is 1170 g/mol. The summed E-state index contributed by atoms with van der Waals surface area (Å²) in [5.74, 6) is 3.34. The van der Waals surface area contributed by atoms with E-state index in [0.29, 0.717) is 6.54 Å². The molecule has 0 heterocycles. The number of halogens is 1. The summed E-state index contributed by atoms with van der Waals surface area (Å²) in [6.07, 6.45) is 21.1. The molecule has 4 atom stereocenters. The Morgan fingerprint density at radius 3 is 0.756 bits per heavy atom. The Labute approximate surface area is 506 Å². The van der Waals surface area contributed by atoms with Crippen LogP contribution in [-0.2, 0) is 0 Å². The lowest BCUT2D eigenvalue weighted by Crippen LogP contribution is -2.42. The number of hydrogen-bond acceptors (Lipinski definition) is 12. The van der Waals surface area contributed by atoms with Crippen LogP contribution < -0.4 is 19.9 Å². The molecule has 4 aliphatic carbocycles. The van der Waals surface area contributed by atoms with Crippen LogP contribution in [0.2, 0.25) is 0 Å². The van der Waals surface area contributed by atoms with Gasteiger partial charge >= 0.3 is 0 Å². The van der Waals surface area contributed by atoms with Gasteiger partial charge in [-0.15, -0.1) is 12.4 Å². The van der Waals surface area contributed by atoms with Gasteiger partial charge in [0.15, 0.2) is 0 Å². The molecule has 7 N–H and O–H groups in total. The molecule has 0 radical (unpaired) electrons. The molecule has 82 heavy (non-hydrogen) atoms. The van der Waals surface area contributed by atoms with E-state index in [0.717, 1.165) is 151 Å². The summed E-state index contributed by atoms with van der Waals surface area (Å²) in [4.78, 5) is 6.47. The lowest BCUT2D eigenvalue weighted by atomic mass is 9.72. The largest absolute Gasteiger partial charge is 0.508 e. The van der Waals surface area contributed by atoms with Crippen LogP contribution in [0, 0.1) is 0 Å². The first kappa shape index (κ1) is 78.0. The van der Waals surface area contributed by atoms with Crippen molar-refractivity contribution < 1.29 is 39.7 Å². The number of phenols is 1. The first-order chi connectivity index (χ1) is 36.8. The van der Waals surface area contributed by atoms with Gasteiger partial charge in [0.1, 0.15) is 23.0 Å². The van der Waals surface area contributed by atoms with Gasteiger partial charge in [0, 0.05) is 49.9 Å². The van der Waals surface area contributed by atoms with Gasteiger partial charge in [-0.3, -0.25) is 0 Å². The Kier molecular flexibility index (Phi) is 36.3. The molecule has 13 heteroatoms. The number of aliphatic hydroxyl groups is 4. The maximum atomic E-state index is 11.1. The average Bonchev–Trinajstić information content (AvgIpc) is 3.49. The van der Waals surface area contributed by atoms with Crippen LogP contribution in [0.4, 0.5) is 0 Å². The molecule has 0 aliphatic heterocycles. The van der Waals surface area contributed by atoms with Crippen molar-refractivity contribution in [3.05, 3.63) is 119 Å². The minimum absolute atomic E-state index is 0. The summed E-state index contributed by atoms with van der Waals surface area (Å²) in [5.41, 5.74) is 8.22. The third-order valence-corrected chi connectivity index (χ3v) is 17.2. The number of rotatable bonds is 18. The molecule has 4 fully saturated rings. The maximum absolute atomic E-state index is 11.1. The molecule has 470 valence electrons. The van der Waals surface area contributed by atoms with Crippen molar-refractivity contribution in [2.24, 2.45) is 5.73 Å². The van der Waals surface area contributed by atoms with Crippen molar-refractivity contribution >= 4 is 12.4 Å². The summed E-state index contributed by atoms with van der Waals surface area (Å²) in [7, 11) is 17.4. The highest BCUT2D eigenvalue weighted by Crippen LogP contribution is 2.44. The molecule has 0 saturated heterocycles. The summed E-state index contributed by atoms with van der Waals surface area (Å²) in [5, 5.41) is 53.4. The van der Waals surface area contributed by atoms with Gasteiger partial charge in [0.2, 0.25) is 0 Å². The molecule has 4 aromatic carbocycles. The van der Waals surface area contributed by atoms with Gasteiger partial charge in [-0.2, -0.15) is 0 Å². The molecule has 0 aromatic heterocycles. The highest BCUT2D eigenvalue weighted by molar-refractivity contribution is 5.85. The van der Waals surface area contributed by atoms with Crippen LogP contribution >= 0.6 is 12.4 Å². The standard InChI is InChI=1S/2C17H27NO2.C16H25NO2.C15H23NO2.4CH4.ClH/c2*1-18(2)13-16(17(19)11-5-4-6-12-17)14-7-9-15(20-3)10-8-14;1-17(2)12-15(13-6-8-14(18)9-7-13)16(19)10-4-3-5-11-16;1-18-13-7-5-12(6-8-13)14(11-16)15(17)9-3-2-4-10-15;;;;;/h2*7-10,16,19H,4-6,11-13H2,1-3H3;6-9,15,18-19H,3-5,10-12H2,1-2H3;5-8,14,17H,2-4,9-11,16H2,1H3;4*1H4;1H. The lowest BCUT2D eigenvalue weighted by Gasteiger charge is -2.40. The highest BCUT2D eigenvalue weighted by Gasteiger charge is 2.42. The van der Waals surface area contributed by atoms with E-state index in [1.807, 2.05) is 74.8 Å². The minimum Gasteiger partial charge on any atom is -0.508 e. The molecule has 0 bridgehead atoms. The normalized spacial score (nSPS) is 18.9. The first-order valence-electron chi connectivity index (χ1n) is 29.1. The molecule has 12 nitrogen and oxygen atoms in total. The fourth-order valence-corrected chi connectivity index (χ4v) is 12.8. The van der Waals surface area contributed by atoms with E-state index in [1.165, 1.54) is 36.8 Å². The number of benzene rings is 4. The minimum atomic E-state index is -0.623. The Morgan fingerprint density at radius 1 is 0.366 bits per heavy atom. The summed E-state index contributed by atoms with van der Waals surface area (Å²) >= 11 is 0. The van der Waals surface area contributed by atoms with Gasteiger partial charge in [0.05, 0.1) is 43.7 Å². The Bertz CT molecular complexity index is 2140. The second kappa shape index (κ2) is 38.2. The van der Waals surface area contributed by atoms with E-state index in [4.69, 9.17) is 19.9 Å². The van der Waals surface area contributed by atoms with Crippen LogP contribution in [0.3, 0.4) is 0 Å². The van der Waals surface area contributed by atoms with Crippen molar-refractivity contribution in [1.82, 2.24) is 14.7 Å². The zero-order valence-electron chi connectivity index (χ0n) is 49.3. The number of methoxy groups -OCH3 is 3. The Hall–Kier alpha value is -3.95. The Balaban J connectivity index is 0.00000105. The van der Waals surface area contributed by atoms with E-state index in [1.54, 1.807) is 33.5 Å². The first-order valence-corrected chi connectivity index (χ1v) is 29.1. The summed E-state index contributed by atoms with van der Waals surface area (Å²) < 4.78 is 15.6. The smallest absolute Gasteiger partial charge is 0.118 e. The van der Waals surface area contributed by atoms with E-state index >= 15 is 0 Å². The quantitative estimate of drug-likeness (QED) is 0.0560. The second-order valence-electron chi connectivity index (χ2n) is 23.8. The van der Waals surface area contributed by atoms with E-state index in [-0.39, 0.29) is 71.5 Å². The molecule has 4 saturated carbocycles. The lowest BCUT2D eigenvalue weighted by molar-refractivity contribution is -0.0280. The van der Waals surface area contributed by atoms with Crippen LogP contribution in [0.5, 0.6) is 23.0 Å². The molecular formula is C69H119ClN4O8.